The summed E-state index contributed by atoms with van der Waals surface area (Å²) >= 11 is 12.4. The van der Waals surface area contributed by atoms with Crippen molar-refractivity contribution >= 4 is 34.9 Å². The molecule has 1 aromatic rings. The molecule has 1 saturated heterocycles. The number of hydrogen-bond acceptors (Lipinski definition) is 5. The number of aryl methyl sites for hydroxylation is 2. The van der Waals surface area contributed by atoms with Gasteiger partial charge in [0.05, 0.1) is 40.4 Å². The summed E-state index contributed by atoms with van der Waals surface area (Å²) in [5.74, 6) is 1.98. The van der Waals surface area contributed by atoms with Gasteiger partial charge in [0.15, 0.2) is 0 Å². The number of piperazine rings is 1. The normalized spacial score (nSPS) is 18.6. The number of amides is 1. The lowest BCUT2D eigenvalue weighted by atomic mass is 9.97. The third-order valence-electron chi connectivity index (χ3n) is 6.32. The highest BCUT2D eigenvalue weighted by Gasteiger charge is 2.26. The number of hydrogen-bond donors (Lipinski definition) is 2. The highest BCUT2D eigenvalue weighted by Crippen LogP contribution is 2.34. The Morgan fingerprint density at radius 3 is 2.57 bits per heavy atom. The van der Waals surface area contributed by atoms with Crippen LogP contribution in [0.1, 0.15) is 58.3 Å². The van der Waals surface area contributed by atoms with E-state index in [0.29, 0.717) is 49.2 Å². The summed E-state index contributed by atoms with van der Waals surface area (Å²) in [5, 5.41) is 8.46. The lowest BCUT2D eigenvalue weighted by molar-refractivity contribution is -0.132. The molecule has 1 amide bonds. The van der Waals surface area contributed by atoms with Crippen molar-refractivity contribution in [3.63, 3.8) is 0 Å². The SMILES string of the molecule is C/C=C\CN=C(N)CCc1n[nH]c(C)c1Cl.CCOC1=C(Cl)C(C)CC(N2CCN(C(=O)CC)CC2)=C1. The van der Waals surface area contributed by atoms with Gasteiger partial charge in [0.1, 0.15) is 5.76 Å². The number of nitrogens with one attached hydrogen (secondary N) is 1. The molecule has 1 aliphatic heterocycles. The summed E-state index contributed by atoms with van der Waals surface area (Å²) < 4.78 is 5.64. The molecule has 0 bridgehead atoms. The van der Waals surface area contributed by atoms with E-state index in [2.05, 4.69) is 33.1 Å². The van der Waals surface area contributed by atoms with Crippen molar-refractivity contribution in [2.45, 2.75) is 60.3 Å². The van der Waals surface area contributed by atoms with Crippen LogP contribution in [0, 0.1) is 12.8 Å². The second-order valence-corrected chi connectivity index (χ2v) is 9.90. The standard InChI is InChI=1S/C16H25ClN2O2.C11H17ClN4/c1-4-15(20)19-8-6-18(7-9-19)13-10-12(3)16(17)14(11-13)21-5-2;1-3-4-7-14-10(13)6-5-9-11(12)8(2)15-16-9/h11-12H,4-10H2,1-3H3;3-4H,5-7H2,1-2H3,(H2,13,14)(H,15,16)/b;4-3-. The van der Waals surface area contributed by atoms with Crippen molar-refractivity contribution in [2.24, 2.45) is 16.6 Å². The fraction of sp³-hybridized carbons (Fsp3) is 0.593. The monoisotopic (exact) mass is 552 g/mol. The zero-order chi connectivity index (χ0) is 27.4. The number of carbonyl (C=O) groups is 1. The van der Waals surface area contributed by atoms with E-state index in [9.17, 15) is 4.79 Å². The number of allylic oxidation sites excluding steroid dienone is 4. The molecule has 0 aromatic carbocycles. The molecule has 0 spiro atoms. The van der Waals surface area contributed by atoms with Gasteiger partial charge in [0.2, 0.25) is 5.91 Å². The number of rotatable bonds is 9. The van der Waals surface area contributed by atoms with Gasteiger partial charge in [-0.15, -0.1) is 0 Å². The molecule has 1 fully saturated rings. The zero-order valence-electron chi connectivity index (χ0n) is 22.8. The van der Waals surface area contributed by atoms with E-state index in [1.54, 1.807) is 0 Å². The van der Waals surface area contributed by atoms with Gasteiger partial charge in [0, 0.05) is 56.7 Å². The van der Waals surface area contributed by atoms with Crippen LogP contribution in [0.3, 0.4) is 0 Å². The number of nitrogens with two attached hydrogens (primary N) is 1. The first-order valence-electron chi connectivity index (χ1n) is 13.1. The number of nitrogens with zero attached hydrogens (tertiary/aromatic N) is 4. The second-order valence-electron chi connectivity index (χ2n) is 9.12. The van der Waals surface area contributed by atoms with Gasteiger partial charge < -0.3 is 20.3 Å². The molecule has 1 aliphatic carbocycles. The van der Waals surface area contributed by atoms with Crippen molar-refractivity contribution in [3.05, 3.63) is 51.1 Å². The number of amidine groups is 1. The molecule has 3 rings (SSSR count). The Balaban J connectivity index is 0.000000271. The van der Waals surface area contributed by atoms with Crippen LogP contribution < -0.4 is 5.73 Å². The fourth-order valence-corrected chi connectivity index (χ4v) is 4.48. The topological polar surface area (TPSA) is 99.8 Å². The molecule has 8 nitrogen and oxygen atoms in total. The van der Waals surface area contributed by atoms with Crippen LogP contribution in [0.2, 0.25) is 5.02 Å². The number of H-pyrrole nitrogens is 1. The smallest absolute Gasteiger partial charge is 0.222 e. The Kier molecular flexibility index (Phi) is 13.1. The van der Waals surface area contributed by atoms with Gasteiger partial charge in [0.25, 0.3) is 0 Å². The average Bonchev–Trinajstić information content (AvgIpc) is 3.22. The minimum absolute atomic E-state index is 0.249. The van der Waals surface area contributed by atoms with E-state index in [1.165, 1.54) is 5.70 Å². The Bertz CT molecular complexity index is 1010. The maximum atomic E-state index is 11.7. The molecule has 2 aliphatic rings. The summed E-state index contributed by atoms with van der Waals surface area (Å²) in [5.41, 5.74) is 8.77. The largest absolute Gasteiger partial charge is 0.493 e. The van der Waals surface area contributed by atoms with Crippen LogP contribution in [0.5, 0.6) is 0 Å². The van der Waals surface area contributed by atoms with Gasteiger partial charge in [-0.2, -0.15) is 5.10 Å². The lowest BCUT2D eigenvalue weighted by Crippen LogP contribution is -2.48. The molecule has 10 heteroatoms. The van der Waals surface area contributed by atoms with Crippen molar-refractivity contribution < 1.29 is 9.53 Å². The van der Waals surface area contributed by atoms with Crippen LogP contribution in [0.25, 0.3) is 0 Å². The summed E-state index contributed by atoms with van der Waals surface area (Å²) in [6, 6.07) is 0. The Morgan fingerprint density at radius 1 is 1.30 bits per heavy atom. The minimum atomic E-state index is 0.249. The third kappa shape index (κ3) is 9.42. The van der Waals surface area contributed by atoms with E-state index in [4.69, 9.17) is 33.7 Å². The number of halogens is 2. The third-order valence-corrected chi connectivity index (χ3v) is 7.38. The predicted octanol–water partition coefficient (Wildman–Crippen LogP) is 5.19. The number of ether oxygens (including phenoxy) is 1. The summed E-state index contributed by atoms with van der Waals surface area (Å²) in [7, 11) is 0. The minimum Gasteiger partial charge on any atom is -0.493 e. The first kappa shape index (κ1) is 30.8. The molecule has 1 aromatic heterocycles. The van der Waals surface area contributed by atoms with Gasteiger partial charge in [-0.25, -0.2) is 0 Å². The molecule has 206 valence electrons. The molecular formula is C27H42Cl2N6O2. The maximum absolute atomic E-state index is 11.7. The van der Waals surface area contributed by atoms with Gasteiger partial charge in [-0.05, 0) is 33.6 Å². The van der Waals surface area contributed by atoms with Crippen molar-refractivity contribution in [3.8, 4) is 0 Å². The maximum Gasteiger partial charge on any atom is 0.222 e. The summed E-state index contributed by atoms with van der Waals surface area (Å²) in [6.07, 6.45) is 8.91. The highest BCUT2D eigenvalue weighted by atomic mass is 35.5. The molecular weight excluding hydrogens is 511 g/mol. The summed E-state index contributed by atoms with van der Waals surface area (Å²) in [4.78, 5) is 20.2. The molecule has 1 atom stereocenters. The first-order chi connectivity index (χ1) is 17.7. The fourth-order valence-electron chi connectivity index (χ4n) is 4.11. The average molecular weight is 554 g/mol. The van der Waals surface area contributed by atoms with Crippen molar-refractivity contribution in [1.29, 1.82) is 0 Å². The number of carbonyl (C=O) groups excluding carboxylic acids is 1. The van der Waals surface area contributed by atoms with Gasteiger partial charge >= 0.3 is 0 Å². The second kappa shape index (κ2) is 15.7. The summed E-state index contributed by atoms with van der Waals surface area (Å²) in [6.45, 7) is 14.5. The van der Waals surface area contributed by atoms with E-state index in [1.807, 2.05) is 44.7 Å². The molecule has 0 radical (unpaired) electrons. The molecule has 37 heavy (non-hydrogen) atoms. The molecule has 2 heterocycles. The van der Waals surface area contributed by atoms with Crippen LogP contribution in [0.15, 0.2) is 39.7 Å². The van der Waals surface area contributed by atoms with Crippen molar-refractivity contribution in [2.75, 3.05) is 39.3 Å². The Hall–Kier alpha value is -2.45. The van der Waals surface area contributed by atoms with Crippen LogP contribution >= 0.6 is 23.2 Å². The quantitative estimate of drug-likeness (QED) is 0.249. The Labute approximate surface area is 231 Å². The van der Waals surface area contributed by atoms with Gasteiger partial charge in [-0.1, -0.05) is 49.2 Å². The van der Waals surface area contributed by atoms with Crippen LogP contribution in [-0.2, 0) is 16.0 Å². The van der Waals surface area contributed by atoms with Crippen LogP contribution in [-0.4, -0.2) is 71.1 Å². The van der Waals surface area contributed by atoms with E-state index >= 15 is 0 Å². The predicted molar refractivity (Wildman–Crippen MR) is 153 cm³/mol. The Morgan fingerprint density at radius 2 is 2.00 bits per heavy atom. The number of aromatic amines is 1. The lowest BCUT2D eigenvalue weighted by Gasteiger charge is -2.39. The van der Waals surface area contributed by atoms with Crippen LogP contribution in [0.4, 0.5) is 0 Å². The number of aromatic nitrogens is 2. The first-order valence-corrected chi connectivity index (χ1v) is 13.8. The molecule has 3 N–H and O–H groups in total. The zero-order valence-corrected chi connectivity index (χ0v) is 24.3. The van der Waals surface area contributed by atoms with Gasteiger partial charge in [-0.3, -0.25) is 14.9 Å². The van der Waals surface area contributed by atoms with E-state index in [0.717, 1.165) is 54.8 Å². The van der Waals surface area contributed by atoms with E-state index < -0.39 is 0 Å². The van der Waals surface area contributed by atoms with Crippen molar-refractivity contribution in [1.82, 2.24) is 20.0 Å². The van der Waals surface area contributed by atoms with E-state index in [-0.39, 0.29) is 5.91 Å². The number of aliphatic imine (C=N–C) groups is 1. The molecule has 1 unspecified atom stereocenters. The molecule has 0 saturated carbocycles. The highest BCUT2D eigenvalue weighted by molar-refractivity contribution is 6.31.